The third-order valence-electron chi connectivity index (χ3n) is 4.22. The zero-order valence-corrected chi connectivity index (χ0v) is 10.4. The van der Waals surface area contributed by atoms with Crippen LogP contribution in [0.1, 0.15) is 36.0 Å². The number of carbonyl (C=O) groups excluding carboxylic acids is 1. The van der Waals surface area contributed by atoms with Crippen LogP contribution in [0.2, 0.25) is 5.02 Å². The van der Waals surface area contributed by atoms with Crippen molar-refractivity contribution >= 4 is 23.1 Å². The molecule has 2 saturated carbocycles. The molecule has 0 heterocycles. The first-order valence-electron chi connectivity index (χ1n) is 6.27. The highest BCUT2D eigenvalue weighted by molar-refractivity contribution is 6.34. The van der Waals surface area contributed by atoms with Crippen molar-refractivity contribution < 1.29 is 4.79 Å². The highest BCUT2D eigenvalue weighted by atomic mass is 35.5. The molecule has 3 heteroatoms. The summed E-state index contributed by atoms with van der Waals surface area (Å²) in [6.45, 7) is 0. The van der Waals surface area contributed by atoms with Crippen LogP contribution in [0.25, 0.3) is 0 Å². The Labute approximate surface area is 106 Å². The summed E-state index contributed by atoms with van der Waals surface area (Å²) in [4.78, 5) is 12.4. The standard InChI is InChI=1S/C14H16ClNO/c15-12-7-8(16)5-6-11(12)14(17)13-9-3-1-2-4-10(9)13/h5-7,9-10,13H,1-4,16H2. The minimum Gasteiger partial charge on any atom is -0.399 e. The molecule has 0 bridgehead atoms. The Bertz CT molecular complexity index is 459. The Balaban J connectivity index is 1.83. The Morgan fingerprint density at radius 3 is 2.47 bits per heavy atom. The molecule has 2 N–H and O–H groups in total. The minimum absolute atomic E-state index is 0.229. The summed E-state index contributed by atoms with van der Waals surface area (Å²) in [6, 6.07) is 5.19. The van der Waals surface area contributed by atoms with Gasteiger partial charge in [0.1, 0.15) is 0 Å². The van der Waals surface area contributed by atoms with Gasteiger partial charge >= 0.3 is 0 Å². The fourth-order valence-corrected chi connectivity index (χ4v) is 3.57. The molecule has 17 heavy (non-hydrogen) atoms. The second kappa shape index (κ2) is 4.02. The minimum atomic E-state index is 0.229. The number of hydrogen-bond acceptors (Lipinski definition) is 2. The van der Waals surface area contributed by atoms with Crippen LogP contribution >= 0.6 is 11.6 Å². The molecule has 3 rings (SSSR count). The van der Waals surface area contributed by atoms with Crippen LogP contribution in [-0.4, -0.2) is 5.78 Å². The molecule has 1 aromatic carbocycles. The van der Waals surface area contributed by atoms with Gasteiger partial charge in [-0.3, -0.25) is 4.79 Å². The van der Waals surface area contributed by atoms with Gasteiger partial charge in [-0.2, -0.15) is 0 Å². The monoisotopic (exact) mass is 249 g/mol. The predicted octanol–water partition coefficient (Wildman–Crippen LogP) is 3.54. The van der Waals surface area contributed by atoms with Crippen LogP contribution in [0, 0.1) is 17.8 Å². The number of benzene rings is 1. The molecule has 0 radical (unpaired) electrons. The number of halogens is 1. The second-order valence-electron chi connectivity index (χ2n) is 5.24. The van der Waals surface area contributed by atoms with Crippen LogP contribution in [0.3, 0.4) is 0 Å². The maximum Gasteiger partial charge on any atom is 0.168 e. The molecular formula is C14H16ClNO. The van der Waals surface area contributed by atoms with Crippen molar-refractivity contribution in [1.82, 2.24) is 0 Å². The van der Waals surface area contributed by atoms with Gasteiger partial charge in [0.2, 0.25) is 0 Å². The molecule has 0 saturated heterocycles. The molecule has 2 aliphatic rings. The number of carbonyl (C=O) groups is 1. The van der Waals surface area contributed by atoms with E-state index in [1.807, 2.05) is 0 Å². The van der Waals surface area contributed by atoms with E-state index in [1.165, 1.54) is 25.7 Å². The fraction of sp³-hybridized carbons (Fsp3) is 0.500. The van der Waals surface area contributed by atoms with Crippen molar-refractivity contribution in [2.75, 3.05) is 5.73 Å². The van der Waals surface area contributed by atoms with Gasteiger partial charge in [-0.1, -0.05) is 24.4 Å². The average Bonchev–Trinajstić information content (AvgIpc) is 3.02. The van der Waals surface area contributed by atoms with Crippen LogP contribution in [0.15, 0.2) is 18.2 Å². The molecule has 2 aliphatic carbocycles. The molecule has 2 atom stereocenters. The van der Waals surface area contributed by atoms with Crippen LogP contribution in [-0.2, 0) is 0 Å². The Hall–Kier alpha value is -1.02. The van der Waals surface area contributed by atoms with Crippen molar-refractivity contribution in [3.8, 4) is 0 Å². The van der Waals surface area contributed by atoms with Crippen molar-refractivity contribution in [2.24, 2.45) is 17.8 Å². The van der Waals surface area contributed by atoms with Gasteiger partial charge in [0.05, 0.1) is 5.02 Å². The normalized spacial score (nSPS) is 30.8. The first-order valence-corrected chi connectivity index (χ1v) is 6.65. The van der Waals surface area contributed by atoms with E-state index in [2.05, 4.69) is 0 Å². The number of anilines is 1. The lowest BCUT2D eigenvalue weighted by atomic mass is 10.0. The summed E-state index contributed by atoms with van der Waals surface area (Å²) in [5.41, 5.74) is 6.90. The summed E-state index contributed by atoms with van der Waals surface area (Å²) in [5, 5.41) is 0.499. The van der Waals surface area contributed by atoms with Crippen molar-refractivity contribution in [1.29, 1.82) is 0 Å². The van der Waals surface area contributed by atoms with Gasteiger partial charge < -0.3 is 5.73 Å². The lowest BCUT2D eigenvalue weighted by molar-refractivity contribution is 0.0956. The van der Waals surface area contributed by atoms with E-state index < -0.39 is 0 Å². The Morgan fingerprint density at radius 2 is 1.88 bits per heavy atom. The highest BCUT2D eigenvalue weighted by Gasteiger charge is 2.54. The van der Waals surface area contributed by atoms with E-state index >= 15 is 0 Å². The van der Waals surface area contributed by atoms with Crippen LogP contribution < -0.4 is 5.73 Å². The number of fused-ring (bicyclic) bond motifs is 1. The first-order chi connectivity index (χ1) is 8.18. The van der Waals surface area contributed by atoms with Crippen LogP contribution in [0.4, 0.5) is 5.69 Å². The van der Waals surface area contributed by atoms with Crippen molar-refractivity contribution in [2.45, 2.75) is 25.7 Å². The molecule has 2 fully saturated rings. The number of ketones is 1. The topological polar surface area (TPSA) is 43.1 Å². The smallest absolute Gasteiger partial charge is 0.168 e. The van der Waals surface area contributed by atoms with Crippen molar-refractivity contribution in [3.05, 3.63) is 28.8 Å². The molecule has 90 valence electrons. The predicted molar refractivity (Wildman–Crippen MR) is 69.1 cm³/mol. The van der Waals surface area contributed by atoms with Gasteiger partial charge in [0.15, 0.2) is 5.78 Å². The molecular weight excluding hydrogens is 234 g/mol. The van der Waals surface area contributed by atoms with Gasteiger partial charge in [0.25, 0.3) is 0 Å². The maximum absolute atomic E-state index is 12.4. The molecule has 0 aromatic heterocycles. The molecule has 2 nitrogen and oxygen atoms in total. The summed E-state index contributed by atoms with van der Waals surface area (Å²) in [7, 11) is 0. The highest BCUT2D eigenvalue weighted by Crippen LogP contribution is 2.56. The summed E-state index contributed by atoms with van der Waals surface area (Å²) < 4.78 is 0. The Kier molecular flexibility index (Phi) is 2.62. The van der Waals surface area contributed by atoms with E-state index in [1.54, 1.807) is 18.2 Å². The number of rotatable bonds is 2. The SMILES string of the molecule is Nc1ccc(C(=O)C2C3CCCCC32)c(Cl)c1. The molecule has 0 spiro atoms. The van der Waals surface area contributed by atoms with E-state index in [9.17, 15) is 4.79 Å². The number of hydrogen-bond donors (Lipinski definition) is 1. The Morgan fingerprint density at radius 1 is 1.24 bits per heavy atom. The third kappa shape index (κ3) is 1.85. The number of nitrogens with two attached hydrogens (primary N) is 1. The van der Waals surface area contributed by atoms with Crippen LogP contribution in [0.5, 0.6) is 0 Å². The number of nitrogen functional groups attached to an aromatic ring is 1. The maximum atomic E-state index is 12.4. The third-order valence-corrected chi connectivity index (χ3v) is 4.53. The van der Waals surface area contributed by atoms with E-state index in [4.69, 9.17) is 17.3 Å². The zero-order valence-electron chi connectivity index (χ0n) is 9.66. The molecule has 0 amide bonds. The van der Waals surface area contributed by atoms with Gasteiger partial charge in [-0.15, -0.1) is 0 Å². The van der Waals surface area contributed by atoms with E-state index in [-0.39, 0.29) is 11.7 Å². The molecule has 2 unspecified atom stereocenters. The largest absolute Gasteiger partial charge is 0.399 e. The van der Waals surface area contributed by atoms with Crippen molar-refractivity contribution in [3.63, 3.8) is 0 Å². The lowest BCUT2D eigenvalue weighted by Crippen LogP contribution is -2.05. The summed E-state index contributed by atoms with van der Waals surface area (Å²) >= 11 is 6.09. The van der Waals surface area contributed by atoms with E-state index in [0.29, 0.717) is 28.1 Å². The molecule has 0 aliphatic heterocycles. The number of Topliss-reactive ketones (excluding diaryl/α,β-unsaturated/α-hetero) is 1. The van der Waals surface area contributed by atoms with E-state index in [0.717, 1.165) is 0 Å². The lowest BCUT2D eigenvalue weighted by Gasteiger charge is -2.04. The molecule has 1 aromatic rings. The van der Waals surface area contributed by atoms with Gasteiger partial charge in [-0.05, 0) is 42.9 Å². The van der Waals surface area contributed by atoms with Gasteiger partial charge in [-0.25, -0.2) is 0 Å². The first kappa shape index (κ1) is 11.1. The zero-order chi connectivity index (χ0) is 12.0. The average molecular weight is 250 g/mol. The quantitative estimate of drug-likeness (QED) is 0.644. The summed E-state index contributed by atoms with van der Waals surface area (Å²) in [5.74, 6) is 1.72. The van der Waals surface area contributed by atoms with Gasteiger partial charge in [0, 0.05) is 17.2 Å². The summed E-state index contributed by atoms with van der Waals surface area (Å²) in [6.07, 6.45) is 4.99. The second-order valence-corrected chi connectivity index (χ2v) is 5.65. The fourth-order valence-electron chi connectivity index (χ4n) is 3.29.